The fraction of sp³-hybridized carbons (Fsp3) is 0.208. The minimum Gasteiger partial charge on any atom is -0.549 e. The zero-order valence-corrected chi connectivity index (χ0v) is 19.5. The second kappa shape index (κ2) is 9.98. The highest BCUT2D eigenvalue weighted by atomic mass is 35.5. The Morgan fingerprint density at radius 2 is 1.61 bits per heavy atom. The summed E-state index contributed by atoms with van der Waals surface area (Å²) in [7, 11) is -2.10. The van der Waals surface area contributed by atoms with Gasteiger partial charge in [-0.05, 0) is 72.6 Å². The summed E-state index contributed by atoms with van der Waals surface area (Å²) in [5, 5.41) is 12.5. The van der Waals surface area contributed by atoms with E-state index in [2.05, 4.69) is 0 Å². The molecule has 0 aliphatic carbocycles. The van der Waals surface area contributed by atoms with Gasteiger partial charge in [-0.25, -0.2) is 4.67 Å². The summed E-state index contributed by atoms with van der Waals surface area (Å²) in [6, 6.07) is 20.3. The number of nitrogens with zero attached hydrogens (tertiary/aromatic N) is 1. The van der Waals surface area contributed by atoms with Gasteiger partial charge in [-0.1, -0.05) is 23.7 Å². The quantitative estimate of drug-likeness (QED) is 0.463. The second-order valence-electron chi connectivity index (χ2n) is 7.45. The molecule has 9 heteroatoms. The molecule has 3 aromatic rings. The number of rotatable bonds is 7. The Morgan fingerprint density at radius 3 is 2.18 bits per heavy atom. The Morgan fingerprint density at radius 1 is 1.03 bits per heavy atom. The minimum absolute atomic E-state index is 0.223. The zero-order valence-electron chi connectivity index (χ0n) is 17.8. The van der Waals surface area contributed by atoms with E-state index in [4.69, 9.17) is 25.6 Å². The fourth-order valence-corrected chi connectivity index (χ4v) is 6.28. The molecular weight excluding hydrogens is 465 g/mol. The largest absolute Gasteiger partial charge is 0.549 e. The Hall–Kier alpha value is -2.83. The van der Waals surface area contributed by atoms with Crippen LogP contribution in [0.2, 0.25) is 5.02 Å². The van der Waals surface area contributed by atoms with Crippen molar-refractivity contribution in [1.82, 2.24) is 4.67 Å². The monoisotopic (exact) mass is 486 g/mol. The van der Waals surface area contributed by atoms with Gasteiger partial charge in [-0.3, -0.25) is 4.57 Å². The maximum absolute atomic E-state index is 14.0. The lowest BCUT2D eigenvalue weighted by atomic mass is 10.0. The van der Waals surface area contributed by atoms with Crippen LogP contribution in [0.3, 0.4) is 0 Å². The van der Waals surface area contributed by atoms with E-state index >= 15 is 0 Å². The molecule has 0 aromatic heterocycles. The predicted molar refractivity (Wildman–Crippen MR) is 123 cm³/mol. The zero-order chi connectivity index (χ0) is 23.4. The third-order valence-electron chi connectivity index (χ3n) is 5.36. The van der Waals surface area contributed by atoms with Crippen LogP contribution in [0.4, 0.5) is 0 Å². The Kier molecular flexibility index (Phi) is 7.05. The molecule has 0 radical (unpaired) electrons. The average Bonchev–Trinajstić information content (AvgIpc) is 2.82. The Balaban J connectivity index is 1.62. The first-order valence-corrected chi connectivity index (χ1v) is 12.2. The highest BCUT2D eigenvalue weighted by molar-refractivity contribution is 7.64. The third kappa shape index (κ3) is 5.23. The van der Waals surface area contributed by atoms with Crippen LogP contribution < -0.4 is 19.9 Å². The number of carboxylic acids is 1. The molecule has 7 nitrogen and oxygen atoms in total. The van der Waals surface area contributed by atoms with Gasteiger partial charge in [0.2, 0.25) is 0 Å². The van der Waals surface area contributed by atoms with Gasteiger partial charge in [0, 0.05) is 17.6 Å². The first kappa shape index (κ1) is 23.3. The van der Waals surface area contributed by atoms with Gasteiger partial charge in [-0.2, -0.15) is 0 Å². The lowest BCUT2D eigenvalue weighted by Crippen LogP contribution is -2.43. The van der Waals surface area contributed by atoms with Crippen molar-refractivity contribution < 1.29 is 28.5 Å². The molecular formula is C24H22ClNO6P-. The van der Waals surface area contributed by atoms with Crippen LogP contribution in [0.15, 0.2) is 72.8 Å². The Labute approximate surface area is 197 Å². The van der Waals surface area contributed by atoms with Crippen molar-refractivity contribution in [3.8, 4) is 17.2 Å². The summed E-state index contributed by atoms with van der Waals surface area (Å²) in [5.41, 5.74) is 0.822. The number of carboxylic acid groups (broad SMARTS) is 1. The molecule has 0 bridgehead atoms. The SMILES string of the molecule is COc1ccc(C2CCOP(=O)(c3ccc(Oc4ccc(Cl)cc4)cc3)N2CC(=O)[O-])cc1. The van der Waals surface area contributed by atoms with Crippen LogP contribution in [0.1, 0.15) is 18.0 Å². The van der Waals surface area contributed by atoms with Crippen LogP contribution in [0.25, 0.3) is 0 Å². The minimum atomic E-state index is -3.67. The maximum atomic E-state index is 14.0. The van der Waals surface area contributed by atoms with Gasteiger partial charge in [0.1, 0.15) is 17.2 Å². The molecule has 33 heavy (non-hydrogen) atoms. The summed E-state index contributed by atoms with van der Waals surface area (Å²) < 4.78 is 32.2. The number of benzene rings is 3. The molecule has 0 saturated carbocycles. The number of aliphatic carboxylic acids is 1. The molecule has 1 aliphatic heterocycles. The van der Waals surface area contributed by atoms with Crippen LogP contribution in [0, 0.1) is 0 Å². The van der Waals surface area contributed by atoms with Crippen LogP contribution in [-0.4, -0.2) is 30.9 Å². The van der Waals surface area contributed by atoms with E-state index in [1.165, 1.54) is 4.67 Å². The molecule has 0 N–H and O–H groups in total. The smallest absolute Gasteiger partial charge is 0.303 e. The molecule has 4 rings (SSSR count). The van der Waals surface area contributed by atoms with Crippen molar-refractivity contribution in [3.63, 3.8) is 0 Å². The van der Waals surface area contributed by atoms with E-state index in [1.807, 2.05) is 12.1 Å². The van der Waals surface area contributed by atoms with Crippen molar-refractivity contribution in [3.05, 3.63) is 83.4 Å². The number of carbonyl (C=O) groups excluding carboxylic acids is 1. The average molecular weight is 487 g/mol. The van der Waals surface area contributed by atoms with Gasteiger partial charge in [0.15, 0.2) is 0 Å². The molecule has 172 valence electrons. The normalized spacial score (nSPS) is 20.8. The summed E-state index contributed by atoms with van der Waals surface area (Å²) in [5.74, 6) is 0.479. The van der Waals surface area contributed by atoms with E-state index in [9.17, 15) is 14.5 Å². The maximum Gasteiger partial charge on any atom is 0.303 e. The van der Waals surface area contributed by atoms with Crippen LogP contribution >= 0.6 is 19.1 Å². The molecule has 3 aromatic carbocycles. The summed E-state index contributed by atoms with van der Waals surface area (Å²) in [6.07, 6.45) is 0.487. The van der Waals surface area contributed by atoms with E-state index < -0.39 is 26.1 Å². The van der Waals surface area contributed by atoms with Crippen molar-refractivity contribution >= 4 is 30.4 Å². The lowest BCUT2D eigenvalue weighted by Gasteiger charge is -2.41. The van der Waals surface area contributed by atoms with E-state index in [0.29, 0.717) is 34.0 Å². The summed E-state index contributed by atoms with van der Waals surface area (Å²) >= 11 is 5.90. The first-order valence-electron chi connectivity index (χ1n) is 10.3. The van der Waals surface area contributed by atoms with Gasteiger partial charge < -0.3 is 23.9 Å². The van der Waals surface area contributed by atoms with Gasteiger partial charge in [0.05, 0.1) is 25.0 Å². The second-order valence-corrected chi connectivity index (χ2v) is 10.2. The molecule has 2 unspecified atom stereocenters. The lowest BCUT2D eigenvalue weighted by molar-refractivity contribution is -0.305. The van der Waals surface area contributed by atoms with Crippen molar-refractivity contribution in [2.45, 2.75) is 12.5 Å². The molecule has 2 atom stereocenters. The highest BCUT2D eigenvalue weighted by Gasteiger charge is 2.42. The summed E-state index contributed by atoms with van der Waals surface area (Å²) in [4.78, 5) is 11.6. The first-order chi connectivity index (χ1) is 15.9. The predicted octanol–water partition coefficient (Wildman–Crippen LogP) is 4.17. The Bertz CT molecular complexity index is 1150. The molecule has 1 saturated heterocycles. The number of ether oxygens (including phenoxy) is 2. The van der Waals surface area contributed by atoms with Gasteiger partial charge in [-0.15, -0.1) is 0 Å². The van der Waals surface area contributed by atoms with Gasteiger partial charge >= 0.3 is 7.52 Å². The molecule has 0 amide bonds. The standard InChI is InChI=1S/C24H23ClNO6P/c1-30-19-6-2-17(3-7-19)23-14-15-31-33(29,26(23)16-24(27)28)22-12-10-21(11-13-22)32-20-8-4-18(25)5-9-20/h2-13,23H,14-16H2,1H3,(H,27,28)/p-1. The molecule has 1 aliphatic rings. The van der Waals surface area contributed by atoms with E-state index in [1.54, 1.807) is 67.8 Å². The molecule has 0 spiro atoms. The van der Waals surface area contributed by atoms with Crippen molar-refractivity contribution in [2.24, 2.45) is 0 Å². The topological polar surface area (TPSA) is 88.1 Å². The number of halogens is 1. The third-order valence-corrected chi connectivity index (χ3v) is 8.19. The van der Waals surface area contributed by atoms with E-state index in [0.717, 1.165) is 5.56 Å². The number of hydrogen-bond donors (Lipinski definition) is 0. The van der Waals surface area contributed by atoms with Crippen LogP contribution in [-0.2, 0) is 13.9 Å². The van der Waals surface area contributed by atoms with Crippen LogP contribution in [0.5, 0.6) is 17.2 Å². The van der Waals surface area contributed by atoms with Crippen molar-refractivity contribution in [1.29, 1.82) is 0 Å². The fourth-order valence-electron chi connectivity index (χ4n) is 3.76. The number of methoxy groups -OCH3 is 1. The molecule has 1 fully saturated rings. The number of carbonyl (C=O) groups is 1. The van der Waals surface area contributed by atoms with E-state index in [-0.39, 0.29) is 6.61 Å². The van der Waals surface area contributed by atoms with Gasteiger partial charge in [0.25, 0.3) is 0 Å². The highest BCUT2D eigenvalue weighted by Crippen LogP contribution is 2.57. The van der Waals surface area contributed by atoms with Crippen molar-refractivity contribution in [2.75, 3.05) is 20.3 Å². The number of hydrogen-bond acceptors (Lipinski definition) is 6. The summed E-state index contributed by atoms with van der Waals surface area (Å²) in [6.45, 7) is -0.308. The molecule has 1 heterocycles.